The molecule has 0 aliphatic rings. The maximum absolute atomic E-state index is 13.0. The van der Waals surface area contributed by atoms with Gasteiger partial charge in [0.1, 0.15) is 0 Å². The van der Waals surface area contributed by atoms with Gasteiger partial charge in [0, 0.05) is 23.4 Å². The molecule has 2 amide bonds. The smallest absolute Gasteiger partial charge is 0.256 e. The third kappa shape index (κ3) is 4.23. The van der Waals surface area contributed by atoms with Crippen LogP contribution in [0.5, 0.6) is 0 Å². The molecule has 4 heteroatoms. The molecule has 0 spiro atoms. The second-order valence-corrected chi connectivity index (χ2v) is 6.25. The van der Waals surface area contributed by atoms with Crippen LogP contribution in [0.25, 0.3) is 11.1 Å². The molecule has 0 aromatic heterocycles. The number of hydrogen-bond acceptors (Lipinski definition) is 2. The van der Waals surface area contributed by atoms with Gasteiger partial charge in [-0.25, -0.2) is 0 Å². The van der Waals surface area contributed by atoms with Crippen LogP contribution in [0.4, 0.5) is 5.69 Å². The molecule has 0 saturated heterocycles. The van der Waals surface area contributed by atoms with Crippen LogP contribution in [0, 0.1) is 6.92 Å². The minimum absolute atomic E-state index is 0.155. The van der Waals surface area contributed by atoms with E-state index in [4.69, 9.17) is 0 Å². The lowest BCUT2D eigenvalue weighted by Crippen LogP contribution is -2.23. The number of benzene rings is 3. The predicted molar refractivity (Wildman–Crippen MR) is 109 cm³/mol. The van der Waals surface area contributed by atoms with Crippen LogP contribution in [0.15, 0.2) is 72.8 Å². The summed E-state index contributed by atoms with van der Waals surface area (Å²) in [6, 6.07) is 22.6. The first-order chi connectivity index (χ1) is 13.1. The quantitative estimate of drug-likeness (QED) is 0.697. The van der Waals surface area contributed by atoms with Gasteiger partial charge in [0.05, 0.1) is 0 Å². The maximum Gasteiger partial charge on any atom is 0.256 e. The lowest BCUT2D eigenvalue weighted by atomic mass is 9.99. The number of aryl methyl sites for hydroxylation is 1. The first-order valence-electron chi connectivity index (χ1n) is 8.94. The molecule has 0 aliphatic heterocycles. The van der Waals surface area contributed by atoms with Crippen LogP contribution in [0.3, 0.4) is 0 Å². The van der Waals surface area contributed by atoms with Crippen molar-refractivity contribution < 1.29 is 9.59 Å². The summed E-state index contributed by atoms with van der Waals surface area (Å²) in [4.78, 5) is 25.0. The monoisotopic (exact) mass is 358 g/mol. The highest BCUT2D eigenvalue weighted by Crippen LogP contribution is 2.25. The van der Waals surface area contributed by atoms with Crippen LogP contribution >= 0.6 is 0 Å². The van der Waals surface area contributed by atoms with Gasteiger partial charge in [-0.2, -0.15) is 0 Å². The summed E-state index contributed by atoms with van der Waals surface area (Å²) in [7, 11) is 0. The van der Waals surface area contributed by atoms with Crippen molar-refractivity contribution in [2.24, 2.45) is 0 Å². The van der Waals surface area contributed by atoms with Crippen LogP contribution < -0.4 is 10.6 Å². The number of amides is 2. The van der Waals surface area contributed by atoms with Crippen molar-refractivity contribution in [3.63, 3.8) is 0 Å². The topological polar surface area (TPSA) is 58.2 Å². The molecule has 2 N–H and O–H groups in total. The normalized spacial score (nSPS) is 10.3. The molecule has 4 nitrogen and oxygen atoms in total. The van der Waals surface area contributed by atoms with E-state index in [0.29, 0.717) is 23.4 Å². The lowest BCUT2D eigenvalue weighted by Gasteiger charge is -2.13. The summed E-state index contributed by atoms with van der Waals surface area (Å²) in [5, 5.41) is 5.73. The van der Waals surface area contributed by atoms with Crippen LogP contribution in [-0.4, -0.2) is 18.4 Å². The summed E-state index contributed by atoms with van der Waals surface area (Å²) in [5.41, 5.74) is 4.49. The molecule has 136 valence electrons. The van der Waals surface area contributed by atoms with Crippen molar-refractivity contribution in [3.8, 4) is 11.1 Å². The first kappa shape index (κ1) is 18.4. The molecular formula is C23H22N2O2. The second-order valence-electron chi connectivity index (χ2n) is 6.25. The fourth-order valence-electron chi connectivity index (χ4n) is 2.90. The Balaban J connectivity index is 1.91. The number of rotatable bonds is 5. The highest BCUT2D eigenvalue weighted by molar-refractivity contribution is 6.09. The molecule has 0 fully saturated rings. The second kappa shape index (κ2) is 8.32. The Morgan fingerprint density at radius 2 is 1.56 bits per heavy atom. The molecular weight excluding hydrogens is 336 g/mol. The van der Waals surface area contributed by atoms with E-state index in [0.717, 1.165) is 16.7 Å². The van der Waals surface area contributed by atoms with Crippen LogP contribution in [-0.2, 0) is 0 Å². The van der Waals surface area contributed by atoms with E-state index < -0.39 is 0 Å². The summed E-state index contributed by atoms with van der Waals surface area (Å²) in [6.45, 7) is 4.33. The lowest BCUT2D eigenvalue weighted by molar-refractivity contribution is 0.0954. The molecule has 0 saturated carbocycles. The predicted octanol–water partition coefficient (Wildman–Crippen LogP) is 4.66. The standard InChI is InChI=1S/C23H22N2O2/c1-3-24-22(26)18-14-13-16(2)21(15-18)25-23(27)20-12-8-7-11-19(20)17-9-5-4-6-10-17/h4-15H,3H2,1-2H3,(H,24,26)(H,25,27). The number of nitrogens with one attached hydrogen (secondary N) is 2. The van der Waals surface area contributed by atoms with Gasteiger partial charge >= 0.3 is 0 Å². The molecule has 0 atom stereocenters. The van der Waals surface area contributed by atoms with Crippen molar-refractivity contribution in [2.75, 3.05) is 11.9 Å². The van der Waals surface area contributed by atoms with Crippen LogP contribution in [0.2, 0.25) is 0 Å². The average Bonchev–Trinajstić information content (AvgIpc) is 2.70. The largest absolute Gasteiger partial charge is 0.352 e. The van der Waals surface area contributed by atoms with E-state index in [-0.39, 0.29) is 11.8 Å². The Morgan fingerprint density at radius 1 is 0.852 bits per heavy atom. The molecule has 3 aromatic rings. The van der Waals surface area contributed by atoms with Gasteiger partial charge in [-0.05, 0) is 48.7 Å². The maximum atomic E-state index is 13.0. The Bertz CT molecular complexity index is 965. The fourth-order valence-corrected chi connectivity index (χ4v) is 2.90. The first-order valence-corrected chi connectivity index (χ1v) is 8.94. The molecule has 0 radical (unpaired) electrons. The zero-order chi connectivity index (χ0) is 19.2. The summed E-state index contributed by atoms with van der Waals surface area (Å²) in [6.07, 6.45) is 0. The van der Waals surface area contributed by atoms with E-state index in [1.807, 2.05) is 68.4 Å². The minimum Gasteiger partial charge on any atom is -0.352 e. The minimum atomic E-state index is -0.203. The van der Waals surface area contributed by atoms with Gasteiger partial charge in [-0.15, -0.1) is 0 Å². The Labute approximate surface area is 159 Å². The molecule has 0 heterocycles. The van der Waals surface area contributed by atoms with E-state index >= 15 is 0 Å². The van der Waals surface area contributed by atoms with Gasteiger partial charge in [-0.1, -0.05) is 54.6 Å². The van der Waals surface area contributed by atoms with Crippen molar-refractivity contribution in [1.29, 1.82) is 0 Å². The SMILES string of the molecule is CCNC(=O)c1ccc(C)c(NC(=O)c2ccccc2-c2ccccc2)c1. The highest BCUT2D eigenvalue weighted by atomic mass is 16.2. The summed E-state index contributed by atoms with van der Waals surface area (Å²) >= 11 is 0. The molecule has 3 rings (SSSR count). The van der Waals surface area contributed by atoms with Gasteiger partial charge in [0.15, 0.2) is 0 Å². The Hall–Kier alpha value is -3.40. The van der Waals surface area contributed by atoms with Gasteiger partial charge < -0.3 is 10.6 Å². The fraction of sp³-hybridized carbons (Fsp3) is 0.130. The highest BCUT2D eigenvalue weighted by Gasteiger charge is 2.14. The Morgan fingerprint density at radius 3 is 2.30 bits per heavy atom. The zero-order valence-electron chi connectivity index (χ0n) is 15.5. The molecule has 27 heavy (non-hydrogen) atoms. The summed E-state index contributed by atoms with van der Waals surface area (Å²) in [5.74, 6) is -0.358. The Kier molecular flexibility index (Phi) is 5.67. The summed E-state index contributed by atoms with van der Waals surface area (Å²) < 4.78 is 0. The molecule has 3 aromatic carbocycles. The molecule has 0 bridgehead atoms. The van der Waals surface area contributed by atoms with Crippen LogP contribution in [0.1, 0.15) is 33.2 Å². The van der Waals surface area contributed by atoms with Gasteiger partial charge in [0.25, 0.3) is 11.8 Å². The zero-order valence-corrected chi connectivity index (χ0v) is 15.5. The van der Waals surface area contributed by atoms with E-state index in [2.05, 4.69) is 10.6 Å². The van der Waals surface area contributed by atoms with Gasteiger partial charge in [-0.3, -0.25) is 9.59 Å². The average molecular weight is 358 g/mol. The van der Waals surface area contributed by atoms with Crippen molar-refractivity contribution in [3.05, 3.63) is 89.5 Å². The number of carbonyl (C=O) groups excluding carboxylic acids is 2. The number of anilines is 1. The van der Waals surface area contributed by atoms with Crippen molar-refractivity contribution >= 4 is 17.5 Å². The van der Waals surface area contributed by atoms with E-state index in [1.54, 1.807) is 18.2 Å². The number of carbonyl (C=O) groups is 2. The number of hydrogen-bond donors (Lipinski definition) is 2. The third-order valence-corrected chi connectivity index (χ3v) is 4.34. The van der Waals surface area contributed by atoms with Gasteiger partial charge in [0.2, 0.25) is 0 Å². The third-order valence-electron chi connectivity index (χ3n) is 4.34. The van der Waals surface area contributed by atoms with Crippen molar-refractivity contribution in [1.82, 2.24) is 5.32 Å². The molecule has 0 aliphatic carbocycles. The van der Waals surface area contributed by atoms with E-state index in [1.165, 1.54) is 0 Å². The van der Waals surface area contributed by atoms with E-state index in [9.17, 15) is 9.59 Å². The van der Waals surface area contributed by atoms with Crippen molar-refractivity contribution in [2.45, 2.75) is 13.8 Å². The molecule has 0 unspecified atom stereocenters.